The van der Waals surface area contributed by atoms with Crippen LogP contribution in [-0.2, 0) is 4.79 Å². The summed E-state index contributed by atoms with van der Waals surface area (Å²) in [6.45, 7) is 1.94. The van der Waals surface area contributed by atoms with Crippen molar-refractivity contribution in [2.24, 2.45) is 0 Å². The van der Waals surface area contributed by atoms with E-state index in [0.717, 1.165) is 32.4 Å². The fourth-order valence-electron chi connectivity index (χ4n) is 1.94. The van der Waals surface area contributed by atoms with Gasteiger partial charge in [0.2, 0.25) is 5.91 Å². The van der Waals surface area contributed by atoms with Gasteiger partial charge in [0.05, 0.1) is 0 Å². The number of unbranched alkanes of at least 4 members (excludes halogenated alkanes) is 1. The van der Waals surface area contributed by atoms with Gasteiger partial charge in [-0.25, -0.2) is 0 Å². The molecule has 0 spiro atoms. The molecule has 1 fully saturated rings. The molecule has 0 bridgehead atoms. The molecule has 0 radical (unpaired) electrons. The van der Waals surface area contributed by atoms with Crippen LogP contribution in [0.1, 0.15) is 25.7 Å². The predicted molar refractivity (Wildman–Crippen MR) is 59.6 cm³/mol. The highest BCUT2D eigenvalue weighted by molar-refractivity contribution is 5.76. The Hall–Kier alpha value is -0.610. The van der Waals surface area contributed by atoms with Gasteiger partial charge in [0.15, 0.2) is 0 Å². The molecule has 0 saturated carbocycles. The van der Waals surface area contributed by atoms with Crippen molar-refractivity contribution in [2.45, 2.75) is 31.7 Å². The Bertz CT molecular complexity index is 207. The average Bonchev–Trinajstić information content (AvgIpc) is 2.66. The number of likely N-dealkylation sites (N-methyl/N-ethyl adjacent to an activating group) is 1. The lowest BCUT2D eigenvalue weighted by atomic mass is 10.2. The first-order chi connectivity index (χ1) is 7.15. The quantitative estimate of drug-likeness (QED) is 0.670. The SMILES string of the molecule is CN(C)C1CCN(C(=O)CCCCO)C1. The smallest absolute Gasteiger partial charge is 0.222 e. The van der Waals surface area contributed by atoms with E-state index in [2.05, 4.69) is 19.0 Å². The second kappa shape index (κ2) is 6.08. The van der Waals surface area contributed by atoms with Gasteiger partial charge in [0.1, 0.15) is 0 Å². The van der Waals surface area contributed by atoms with Crippen LogP contribution in [0, 0.1) is 0 Å². The molecule has 1 amide bonds. The van der Waals surface area contributed by atoms with Crippen LogP contribution in [0.3, 0.4) is 0 Å². The average molecular weight is 214 g/mol. The normalized spacial score (nSPS) is 21.3. The van der Waals surface area contributed by atoms with Crippen LogP contribution in [0.15, 0.2) is 0 Å². The van der Waals surface area contributed by atoms with Crippen LogP contribution in [0.5, 0.6) is 0 Å². The van der Waals surface area contributed by atoms with Crippen molar-refractivity contribution in [2.75, 3.05) is 33.8 Å². The first-order valence-electron chi connectivity index (χ1n) is 5.70. The van der Waals surface area contributed by atoms with Gasteiger partial charge in [0.25, 0.3) is 0 Å². The van der Waals surface area contributed by atoms with E-state index in [-0.39, 0.29) is 12.5 Å². The Balaban J connectivity index is 2.24. The molecule has 1 N–H and O–H groups in total. The monoisotopic (exact) mass is 214 g/mol. The molecule has 4 nitrogen and oxygen atoms in total. The fraction of sp³-hybridized carbons (Fsp3) is 0.909. The zero-order chi connectivity index (χ0) is 11.3. The van der Waals surface area contributed by atoms with Crippen LogP contribution in [0.2, 0.25) is 0 Å². The summed E-state index contributed by atoms with van der Waals surface area (Å²) in [6, 6.07) is 0.520. The van der Waals surface area contributed by atoms with Crippen LogP contribution in [0.25, 0.3) is 0 Å². The minimum atomic E-state index is 0.188. The maximum absolute atomic E-state index is 11.7. The van der Waals surface area contributed by atoms with Crippen molar-refractivity contribution >= 4 is 5.91 Å². The molecule has 1 heterocycles. The van der Waals surface area contributed by atoms with E-state index < -0.39 is 0 Å². The molecule has 1 saturated heterocycles. The van der Waals surface area contributed by atoms with Gasteiger partial charge in [0, 0.05) is 32.2 Å². The van der Waals surface area contributed by atoms with Gasteiger partial charge in [-0.05, 0) is 33.4 Å². The van der Waals surface area contributed by atoms with Crippen LogP contribution < -0.4 is 0 Å². The van der Waals surface area contributed by atoms with Crippen molar-refractivity contribution in [3.63, 3.8) is 0 Å². The van der Waals surface area contributed by atoms with Gasteiger partial charge < -0.3 is 14.9 Å². The van der Waals surface area contributed by atoms with E-state index in [1.807, 2.05) is 4.90 Å². The summed E-state index contributed by atoms with van der Waals surface area (Å²) in [5.74, 6) is 0.243. The zero-order valence-corrected chi connectivity index (χ0v) is 9.78. The molecule has 1 rings (SSSR count). The summed E-state index contributed by atoms with van der Waals surface area (Å²) >= 11 is 0. The summed E-state index contributed by atoms with van der Waals surface area (Å²) in [5, 5.41) is 8.63. The van der Waals surface area contributed by atoms with Gasteiger partial charge in [-0.2, -0.15) is 0 Å². The first kappa shape index (κ1) is 12.5. The number of amides is 1. The Labute approximate surface area is 91.9 Å². The summed E-state index contributed by atoms with van der Waals surface area (Å²) in [6.07, 6.45) is 3.20. The Morgan fingerprint density at radius 1 is 1.47 bits per heavy atom. The van der Waals surface area contributed by atoms with Gasteiger partial charge >= 0.3 is 0 Å². The fourth-order valence-corrected chi connectivity index (χ4v) is 1.94. The Morgan fingerprint density at radius 3 is 2.73 bits per heavy atom. The van der Waals surface area contributed by atoms with E-state index in [4.69, 9.17) is 5.11 Å². The lowest BCUT2D eigenvalue weighted by Gasteiger charge is -2.20. The molecule has 1 unspecified atom stereocenters. The highest BCUT2D eigenvalue weighted by atomic mass is 16.3. The highest BCUT2D eigenvalue weighted by Crippen LogP contribution is 2.14. The molecule has 0 aromatic rings. The largest absolute Gasteiger partial charge is 0.396 e. The topological polar surface area (TPSA) is 43.8 Å². The highest BCUT2D eigenvalue weighted by Gasteiger charge is 2.26. The molecular formula is C11H22N2O2. The minimum absolute atomic E-state index is 0.188. The molecule has 1 aliphatic rings. The van der Waals surface area contributed by atoms with Crippen molar-refractivity contribution in [3.8, 4) is 0 Å². The van der Waals surface area contributed by atoms with Gasteiger partial charge in [-0.1, -0.05) is 0 Å². The van der Waals surface area contributed by atoms with E-state index in [1.54, 1.807) is 0 Å². The van der Waals surface area contributed by atoms with Gasteiger partial charge in [-0.3, -0.25) is 4.79 Å². The number of hydrogen-bond donors (Lipinski definition) is 1. The zero-order valence-electron chi connectivity index (χ0n) is 9.78. The number of rotatable bonds is 5. The van der Waals surface area contributed by atoms with E-state index in [0.29, 0.717) is 12.5 Å². The molecule has 0 aliphatic carbocycles. The van der Waals surface area contributed by atoms with E-state index in [1.165, 1.54) is 0 Å². The van der Waals surface area contributed by atoms with E-state index >= 15 is 0 Å². The molecule has 4 heteroatoms. The molecule has 0 aromatic heterocycles. The molecule has 1 aliphatic heterocycles. The van der Waals surface area contributed by atoms with Crippen molar-refractivity contribution in [3.05, 3.63) is 0 Å². The molecule has 15 heavy (non-hydrogen) atoms. The third-order valence-electron chi connectivity index (χ3n) is 3.05. The first-order valence-corrected chi connectivity index (χ1v) is 5.70. The van der Waals surface area contributed by atoms with Crippen molar-refractivity contribution < 1.29 is 9.90 Å². The number of likely N-dealkylation sites (tertiary alicyclic amines) is 1. The predicted octanol–water partition coefficient (Wildman–Crippen LogP) is 0.311. The van der Waals surface area contributed by atoms with Gasteiger partial charge in [-0.15, -0.1) is 0 Å². The van der Waals surface area contributed by atoms with Crippen LogP contribution in [0.4, 0.5) is 0 Å². The molecule has 1 atom stereocenters. The number of carbonyl (C=O) groups excluding carboxylic acids is 1. The van der Waals surface area contributed by atoms with Crippen LogP contribution >= 0.6 is 0 Å². The molecule has 88 valence electrons. The number of hydrogen-bond acceptors (Lipinski definition) is 3. The lowest BCUT2D eigenvalue weighted by Crippen LogP contribution is -2.34. The maximum atomic E-state index is 11.7. The maximum Gasteiger partial charge on any atom is 0.222 e. The molecular weight excluding hydrogens is 192 g/mol. The lowest BCUT2D eigenvalue weighted by molar-refractivity contribution is -0.130. The summed E-state index contributed by atoms with van der Waals surface area (Å²) < 4.78 is 0. The van der Waals surface area contributed by atoms with Crippen molar-refractivity contribution in [1.29, 1.82) is 0 Å². The Morgan fingerprint density at radius 2 is 2.20 bits per heavy atom. The number of aliphatic hydroxyl groups excluding tert-OH is 1. The van der Waals surface area contributed by atoms with Crippen LogP contribution in [-0.4, -0.2) is 60.6 Å². The Kier molecular flexibility index (Phi) is 5.05. The standard InChI is InChI=1S/C11H22N2O2/c1-12(2)10-6-7-13(9-10)11(15)5-3-4-8-14/h10,14H,3-9H2,1-2H3. The second-order valence-corrected chi connectivity index (χ2v) is 4.43. The number of carbonyl (C=O) groups is 1. The summed E-state index contributed by atoms with van der Waals surface area (Å²) in [7, 11) is 4.12. The number of nitrogens with zero attached hydrogens (tertiary/aromatic N) is 2. The summed E-state index contributed by atoms with van der Waals surface area (Å²) in [5.41, 5.74) is 0. The molecule has 0 aromatic carbocycles. The third kappa shape index (κ3) is 3.80. The summed E-state index contributed by atoms with van der Waals surface area (Å²) in [4.78, 5) is 15.8. The minimum Gasteiger partial charge on any atom is -0.396 e. The van der Waals surface area contributed by atoms with Crippen molar-refractivity contribution in [1.82, 2.24) is 9.80 Å². The third-order valence-corrected chi connectivity index (χ3v) is 3.05. The second-order valence-electron chi connectivity index (χ2n) is 4.43. The van der Waals surface area contributed by atoms with E-state index in [9.17, 15) is 4.79 Å². The number of aliphatic hydroxyl groups is 1.